The quantitative estimate of drug-likeness (QED) is 0.839. The second-order valence-corrected chi connectivity index (χ2v) is 5.88. The maximum absolute atomic E-state index is 12.1. The third-order valence-electron chi connectivity index (χ3n) is 4.09. The van der Waals surface area contributed by atoms with Crippen LogP contribution in [0.2, 0.25) is 0 Å². The maximum Gasteiger partial charge on any atom is 0.220 e. The summed E-state index contributed by atoms with van der Waals surface area (Å²) >= 11 is 0. The molecule has 1 atom stereocenters. The van der Waals surface area contributed by atoms with Crippen LogP contribution < -0.4 is 5.32 Å². The zero-order valence-corrected chi connectivity index (χ0v) is 13.3. The number of hydrogen-bond acceptors (Lipinski definition) is 3. The first kappa shape index (κ1) is 16.0. The van der Waals surface area contributed by atoms with Crippen molar-refractivity contribution in [1.29, 1.82) is 0 Å². The van der Waals surface area contributed by atoms with Crippen molar-refractivity contribution in [3.05, 3.63) is 29.6 Å². The molecule has 1 aromatic rings. The van der Waals surface area contributed by atoms with E-state index in [0.29, 0.717) is 6.42 Å². The fourth-order valence-corrected chi connectivity index (χ4v) is 2.88. The fraction of sp³-hybridized carbons (Fsp3) is 0.647. The van der Waals surface area contributed by atoms with Crippen LogP contribution >= 0.6 is 0 Å². The van der Waals surface area contributed by atoms with Gasteiger partial charge in [-0.05, 0) is 64.4 Å². The molecule has 0 bridgehead atoms. The van der Waals surface area contributed by atoms with Crippen LogP contribution in [0, 0.1) is 6.92 Å². The van der Waals surface area contributed by atoms with E-state index in [0.717, 1.165) is 30.8 Å². The Morgan fingerprint density at radius 2 is 2.14 bits per heavy atom. The number of aryl methyl sites for hydroxylation is 1. The Hall–Kier alpha value is -1.42. The predicted octanol–water partition coefficient (Wildman–Crippen LogP) is 2.83. The van der Waals surface area contributed by atoms with Crippen molar-refractivity contribution in [2.24, 2.45) is 0 Å². The number of pyridine rings is 1. The van der Waals surface area contributed by atoms with Crippen LogP contribution in [0.1, 0.15) is 56.5 Å². The van der Waals surface area contributed by atoms with Crippen molar-refractivity contribution < 1.29 is 4.79 Å². The van der Waals surface area contributed by atoms with Gasteiger partial charge in [-0.1, -0.05) is 13.0 Å². The van der Waals surface area contributed by atoms with Gasteiger partial charge in [0.15, 0.2) is 0 Å². The lowest BCUT2D eigenvalue weighted by Gasteiger charge is -2.18. The summed E-state index contributed by atoms with van der Waals surface area (Å²) in [6.07, 6.45) is 5.04. The first-order valence-electron chi connectivity index (χ1n) is 8.14. The molecule has 1 saturated heterocycles. The van der Waals surface area contributed by atoms with Crippen molar-refractivity contribution in [3.63, 3.8) is 0 Å². The van der Waals surface area contributed by atoms with Gasteiger partial charge < -0.3 is 10.2 Å². The van der Waals surface area contributed by atoms with E-state index in [4.69, 9.17) is 0 Å². The second kappa shape index (κ2) is 8.13. The summed E-state index contributed by atoms with van der Waals surface area (Å²) in [7, 11) is 0. The molecule has 0 radical (unpaired) electrons. The van der Waals surface area contributed by atoms with Crippen molar-refractivity contribution >= 4 is 5.91 Å². The molecule has 0 spiro atoms. The summed E-state index contributed by atoms with van der Waals surface area (Å²) in [6, 6.07) is 6.00. The lowest BCUT2D eigenvalue weighted by Crippen LogP contribution is -2.29. The highest BCUT2D eigenvalue weighted by Gasteiger charge is 2.15. The number of aromatic nitrogens is 1. The average Bonchev–Trinajstić information content (AvgIpc) is 2.98. The van der Waals surface area contributed by atoms with Gasteiger partial charge in [0.25, 0.3) is 0 Å². The number of rotatable bonds is 7. The maximum atomic E-state index is 12.1. The van der Waals surface area contributed by atoms with Gasteiger partial charge in [-0.25, -0.2) is 0 Å². The molecular formula is C17H27N3O. The van der Waals surface area contributed by atoms with Crippen molar-refractivity contribution in [3.8, 4) is 0 Å². The van der Waals surface area contributed by atoms with E-state index in [-0.39, 0.29) is 11.9 Å². The Balaban J connectivity index is 1.76. The Bertz CT molecular complexity index is 455. The lowest BCUT2D eigenvalue weighted by atomic mass is 10.1. The number of amides is 1. The first-order chi connectivity index (χ1) is 10.2. The number of likely N-dealkylation sites (tertiary alicyclic amines) is 1. The van der Waals surface area contributed by atoms with E-state index in [1.165, 1.54) is 25.9 Å². The second-order valence-electron chi connectivity index (χ2n) is 5.88. The van der Waals surface area contributed by atoms with Gasteiger partial charge in [0.2, 0.25) is 5.91 Å². The van der Waals surface area contributed by atoms with Crippen LogP contribution in [0.3, 0.4) is 0 Å². The van der Waals surface area contributed by atoms with Crippen LogP contribution in [0.25, 0.3) is 0 Å². The topological polar surface area (TPSA) is 45.2 Å². The highest BCUT2D eigenvalue weighted by molar-refractivity contribution is 5.76. The summed E-state index contributed by atoms with van der Waals surface area (Å²) in [4.78, 5) is 19.1. The van der Waals surface area contributed by atoms with Gasteiger partial charge in [0.1, 0.15) is 0 Å². The third kappa shape index (κ3) is 5.12. The van der Waals surface area contributed by atoms with E-state index in [1.807, 2.05) is 25.1 Å². The molecule has 0 aromatic carbocycles. The van der Waals surface area contributed by atoms with E-state index in [1.54, 1.807) is 0 Å². The summed E-state index contributed by atoms with van der Waals surface area (Å²) in [5.74, 6) is 0.143. The SMILES string of the molecule is CCC(NC(=O)CCCN1CCCC1)c1cccc(C)n1. The van der Waals surface area contributed by atoms with Crippen LogP contribution in [0.4, 0.5) is 0 Å². The highest BCUT2D eigenvalue weighted by atomic mass is 16.1. The molecule has 1 N–H and O–H groups in total. The summed E-state index contributed by atoms with van der Waals surface area (Å²) in [5, 5.41) is 3.12. The number of nitrogens with zero attached hydrogens (tertiary/aromatic N) is 2. The molecule has 1 amide bonds. The molecule has 0 aliphatic carbocycles. The lowest BCUT2D eigenvalue weighted by molar-refractivity contribution is -0.122. The van der Waals surface area contributed by atoms with Crippen molar-refractivity contribution in [2.45, 2.75) is 52.0 Å². The predicted molar refractivity (Wildman–Crippen MR) is 85.1 cm³/mol. The van der Waals surface area contributed by atoms with Gasteiger partial charge >= 0.3 is 0 Å². The molecule has 1 fully saturated rings. The van der Waals surface area contributed by atoms with E-state index >= 15 is 0 Å². The van der Waals surface area contributed by atoms with Gasteiger partial charge in [0, 0.05) is 12.1 Å². The standard InChI is InChI=1S/C17H27N3O/c1-3-15(16-9-6-8-14(2)18-16)19-17(21)10-7-13-20-11-4-5-12-20/h6,8-9,15H,3-5,7,10-13H2,1-2H3,(H,19,21). The minimum absolute atomic E-state index is 0.0317. The summed E-state index contributed by atoms with van der Waals surface area (Å²) in [6.45, 7) is 7.51. The molecule has 1 aromatic heterocycles. The molecule has 0 saturated carbocycles. The minimum Gasteiger partial charge on any atom is -0.348 e. The van der Waals surface area contributed by atoms with E-state index in [2.05, 4.69) is 22.1 Å². The molecule has 2 heterocycles. The average molecular weight is 289 g/mol. The Morgan fingerprint density at radius 3 is 2.81 bits per heavy atom. The molecule has 4 heteroatoms. The smallest absolute Gasteiger partial charge is 0.220 e. The van der Waals surface area contributed by atoms with Crippen molar-refractivity contribution in [1.82, 2.24) is 15.2 Å². The largest absolute Gasteiger partial charge is 0.348 e. The van der Waals surface area contributed by atoms with Crippen LogP contribution in [0.15, 0.2) is 18.2 Å². The van der Waals surface area contributed by atoms with E-state index in [9.17, 15) is 4.79 Å². The van der Waals surface area contributed by atoms with Gasteiger partial charge in [-0.3, -0.25) is 9.78 Å². The molecule has 1 aliphatic rings. The van der Waals surface area contributed by atoms with Crippen LogP contribution in [-0.2, 0) is 4.79 Å². The molecule has 1 unspecified atom stereocenters. The number of carbonyl (C=O) groups excluding carboxylic acids is 1. The molecular weight excluding hydrogens is 262 g/mol. The number of nitrogens with one attached hydrogen (secondary N) is 1. The molecule has 4 nitrogen and oxygen atoms in total. The van der Waals surface area contributed by atoms with Crippen molar-refractivity contribution in [2.75, 3.05) is 19.6 Å². The Kier molecular flexibility index (Phi) is 6.18. The number of hydrogen-bond donors (Lipinski definition) is 1. The monoisotopic (exact) mass is 289 g/mol. The molecule has 2 rings (SSSR count). The molecule has 116 valence electrons. The number of carbonyl (C=O) groups is 1. The molecule has 21 heavy (non-hydrogen) atoms. The zero-order valence-electron chi connectivity index (χ0n) is 13.3. The normalized spacial score (nSPS) is 16.9. The Morgan fingerprint density at radius 1 is 1.38 bits per heavy atom. The van der Waals surface area contributed by atoms with Crippen LogP contribution in [0.5, 0.6) is 0 Å². The van der Waals surface area contributed by atoms with Gasteiger partial charge in [-0.2, -0.15) is 0 Å². The van der Waals surface area contributed by atoms with Gasteiger partial charge in [-0.15, -0.1) is 0 Å². The zero-order chi connectivity index (χ0) is 15.1. The fourth-order valence-electron chi connectivity index (χ4n) is 2.88. The Labute approximate surface area is 127 Å². The van der Waals surface area contributed by atoms with E-state index < -0.39 is 0 Å². The summed E-state index contributed by atoms with van der Waals surface area (Å²) in [5.41, 5.74) is 1.96. The third-order valence-corrected chi connectivity index (χ3v) is 4.09. The minimum atomic E-state index is 0.0317. The van der Waals surface area contributed by atoms with Crippen LogP contribution in [-0.4, -0.2) is 35.4 Å². The van der Waals surface area contributed by atoms with Gasteiger partial charge in [0.05, 0.1) is 11.7 Å². The summed E-state index contributed by atoms with van der Waals surface area (Å²) < 4.78 is 0. The molecule has 1 aliphatic heterocycles. The highest BCUT2D eigenvalue weighted by Crippen LogP contribution is 2.15. The first-order valence-corrected chi connectivity index (χ1v) is 8.14.